The third-order valence-electron chi connectivity index (χ3n) is 2.14. The molecule has 5 nitrogen and oxygen atoms in total. The van der Waals surface area contributed by atoms with E-state index in [1.807, 2.05) is 6.92 Å². The Kier molecular flexibility index (Phi) is 6.50. The average Bonchev–Trinajstić information content (AvgIpc) is 2.38. The maximum Gasteiger partial charge on any atom is 0.451 e. The number of nitrogens with one attached hydrogen (secondary N) is 1. The van der Waals surface area contributed by atoms with Gasteiger partial charge in [0.25, 0.3) is 0 Å². The Labute approximate surface area is 115 Å². The SMILES string of the molecule is CCCOCCOc1cc(NCC)nc(C(F)(F)F)n1. The molecule has 0 atom stereocenters. The molecule has 1 aromatic rings. The highest BCUT2D eigenvalue weighted by atomic mass is 19.4. The van der Waals surface area contributed by atoms with Gasteiger partial charge in [0, 0.05) is 19.2 Å². The molecule has 0 aliphatic heterocycles. The molecular formula is C12H18F3N3O2. The van der Waals surface area contributed by atoms with E-state index in [-0.39, 0.29) is 18.3 Å². The van der Waals surface area contributed by atoms with Gasteiger partial charge in [-0.25, -0.2) is 4.98 Å². The molecular weight excluding hydrogens is 275 g/mol. The predicted octanol–water partition coefficient (Wildman–Crippen LogP) is 2.73. The summed E-state index contributed by atoms with van der Waals surface area (Å²) in [6.07, 6.45) is -3.74. The highest BCUT2D eigenvalue weighted by Gasteiger charge is 2.35. The van der Waals surface area contributed by atoms with Gasteiger partial charge in [0.1, 0.15) is 12.4 Å². The van der Waals surface area contributed by atoms with Crippen LogP contribution in [0.3, 0.4) is 0 Å². The summed E-state index contributed by atoms with van der Waals surface area (Å²) in [5.41, 5.74) is 0. The molecule has 1 N–H and O–H groups in total. The van der Waals surface area contributed by atoms with Gasteiger partial charge in [0.2, 0.25) is 11.7 Å². The van der Waals surface area contributed by atoms with Crippen LogP contribution in [0.1, 0.15) is 26.1 Å². The number of hydrogen-bond donors (Lipinski definition) is 1. The normalized spacial score (nSPS) is 11.4. The van der Waals surface area contributed by atoms with Crippen molar-refractivity contribution in [2.24, 2.45) is 0 Å². The number of halogens is 3. The molecule has 0 saturated carbocycles. The van der Waals surface area contributed by atoms with E-state index < -0.39 is 12.0 Å². The topological polar surface area (TPSA) is 56.3 Å². The molecule has 20 heavy (non-hydrogen) atoms. The van der Waals surface area contributed by atoms with E-state index in [1.54, 1.807) is 6.92 Å². The predicted molar refractivity (Wildman–Crippen MR) is 67.8 cm³/mol. The van der Waals surface area contributed by atoms with E-state index >= 15 is 0 Å². The molecule has 0 bridgehead atoms. The van der Waals surface area contributed by atoms with Crippen molar-refractivity contribution < 1.29 is 22.6 Å². The molecule has 0 spiro atoms. The van der Waals surface area contributed by atoms with E-state index in [2.05, 4.69) is 15.3 Å². The van der Waals surface area contributed by atoms with E-state index in [0.717, 1.165) is 6.42 Å². The lowest BCUT2D eigenvalue weighted by molar-refractivity contribution is -0.145. The van der Waals surface area contributed by atoms with Gasteiger partial charge in [-0.05, 0) is 13.3 Å². The number of hydrogen-bond acceptors (Lipinski definition) is 5. The number of anilines is 1. The van der Waals surface area contributed by atoms with Crippen molar-refractivity contribution >= 4 is 5.82 Å². The van der Waals surface area contributed by atoms with Crippen molar-refractivity contribution in [2.75, 3.05) is 31.7 Å². The molecule has 0 fully saturated rings. The number of aromatic nitrogens is 2. The zero-order chi connectivity index (χ0) is 15.0. The number of alkyl halides is 3. The lowest BCUT2D eigenvalue weighted by atomic mass is 10.5. The summed E-state index contributed by atoms with van der Waals surface area (Å²) in [7, 11) is 0. The average molecular weight is 293 g/mol. The number of rotatable bonds is 8. The molecule has 0 aliphatic rings. The number of nitrogens with zero attached hydrogens (tertiary/aromatic N) is 2. The Balaban J connectivity index is 2.71. The second-order valence-corrected chi connectivity index (χ2v) is 3.90. The molecule has 0 aliphatic carbocycles. The zero-order valence-electron chi connectivity index (χ0n) is 11.5. The van der Waals surface area contributed by atoms with Gasteiger partial charge in [-0.1, -0.05) is 6.92 Å². The van der Waals surface area contributed by atoms with Crippen LogP contribution in [0.4, 0.5) is 19.0 Å². The van der Waals surface area contributed by atoms with Crippen LogP contribution in [-0.2, 0) is 10.9 Å². The summed E-state index contributed by atoms with van der Waals surface area (Å²) in [5.74, 6) is -1.26. The van der Waals surface area contributed by atoms with E-state index in [0.29, 0.717) is 19.8 Å². The molecule has 8 heteroatoms. The van der Waals surface area contributed by atoms with Crippen molar-refractivity contribution in [1.29, 1.82) is 0 Å². The Bertz CT molecular complexity index is 413. The highest BCUT2D eigenvalue weighted by Crippen LogP contribution is 2.28. The molecule has 114 valence electrons. The largest absolute Gasteiger partial charge is 0.475 e. The Morgan fingerprint density at radius 1 is 1.15 bits per heavy atom. The summed E-state index contributed by atoms with van der Waals surface area (Å²) in [5, 5.41) is 2.71. The molecule has 1 rings (SSSR count). The van der Waals surface area contributed by atoms with Crippen molar-refractivity contribution in [1.82, 2.24) is 9.97 Å². The van der Waals surface area contributed by atoms with E-state index in [1.165, 1.54) is 6.07 Å². The maximum atomic E-state index is 12.6. The fourth-order valence-corrected chi connectivity index (χ4v) is 1.35. The third-order valence-corrected chi connectivity index (χ3v) is 2.14. The molecule has 0 aromatic carbocycles. The van der Waals surface area contributed by atoms with Crippen LogP contribution in [0.15, 0.2) is 6.07 Å². The Morgan fingerprint density at radius 2 is 1.90 bits per heavy atom. The van der Waals surface area contributed by atoms with Crippen LogP contribution in [0, 0.1) is 0 Å². The van der Waals surface area contributed by atoms with Crippen molar-refractivity contribution in [3.63, 3.8) is 0 Å². The minimum atomic E-state index is -4.61. The molecule has 0 radical (unpaired) electrons. The van der Waals surface area contributed by atoms with Crippen LogP contribution in [0.2, 0.25) is 0 Å². The molecule has 1 heterocycles. The first-order valence-corrected chi connectivity index (χ1v) is 6.38. The van der Waals surface area contributed by atoms with E-state index in [4.69, 9.17) is 9.47 Å². The minimum absolute atomic E-state index is 0.0827. The van der Waals surface area contributed by atoms with Crippen LogP contribution in [-0.4, -0.2) is 36.3 Å². The maximum absolute atomic E-state index is 12.6. The van der Waals surface area contributed by atoms with E-state index in [9.17, 15) is 13.2 Å². The minimum Gasteiger partial charge on any atom is -0.475 e. The second kappa shape index (κ2) is 7.88. The van der Waals surface area contributed by atoms with Gasteiger partial charge in [-0.3, -0.25) is 0 Å². The van der Waals surface area contributed by atoms with Crippen molar-refractivity contribution in [3.05, 3.63) is 11.9 Å². The quantitative estimate of drug-likeness (QED) is 0.747. The summed E-state index contributed by atoms with van der Waals surface area (Å²) in [4.78, 5) is 6.74. The third kappa shape index (κ3) is 5.60. The first-order chi connectivity index (χ1) is 9.47. The van der Waals surface area contributed by atoms with Gasteiger partial charge < -0.3 is 14.8 Å². The van der Waals surface area contributed by atoms with Gasteiger partial charge in [-0.2, -0.15) is 18.2 Å². The summed E-state index contributed by atoms with van der Waals surface area (Å²) in [6, 6.07) is 1.33. The van der Waals surface area contributed by atoms with Gasteiger partial charge in [-0.15, -0.1) is 0 Å². The second-order valence-electron chi connectivity index (χ2n) is 3.90. The van der Waals surface area contributed by atoms with Crippen molar-refractivity contribution in [3.8, 4) is 5.88 Å². The monoisotopic (exact) mass is 293 g/mol. The molecule has 0 amide bonds. The zero-order valence-corrected chi connectivity index (χ0v) is 11.5. The standard InChI is InChI=1S/C12H18F3N3O2/c1-3-5-19-6-7-20-10-8-9(16-4-2)17-11(18-10)12(13,14)15/h8H,3-7H2,1-2H3,(H,16,17,18). The van der Waals surface area contributed by atoms with Gasteiger partial charge in [0.05, 0.1) is 6.61 Å². The smallest absolute Gasteiger partial charge is 0.451 e. The van der Waals surface area contributed by atoms with Crippen LogP contribution in [0.5, 0.6) is 5.88 Å². The van der Waals surface area contributed by atoms with Gasteiger partial charge in [0.15, 0.2) is 0 Å². The lowest BCUT2D eigenvalue weighted by Gasteiger charge is -2.11. The van der Waals surface area contributed by atoms with Crippen LogP contribution in [0.25, 0.3) is 0 Å². The summed E-state index contributed by atoms with van der Waals surface area (Å²) < 4.78 is 48.3. The molecule has 1 aromatic heterocycles. The molecule has 0 saturated heterocycles. The fraction of sp³-hybridized carbons (Fsp3) is 0.667. The Morgan fingerprint density at radius 3 is 2.50 bits per heavy atom. The van der Waals surface area contributed by atoms with Crippen molar-refractivity contribution in [2.45, 2.75) is 26.4 Å². The van der Waals surface area contributed by atoms with Crippen LogP contribution >= 0.6 is 0 Å². The summed E-state index contributed by atoms with van der Waals surface area (Å²) in [6.45, 7) is 5.20. The summed E-state index contributed by atoms with van der Waals surface area (Å²) >= 11 is 0. The van der Waals surface area contributed by atoms with Crippen LogP contribution < -0.4 is 10.1 Å². The lowest BCUT2D eigenvalue weighted by Crippen LogP contribution is -2.15. The first kappa shape index (κ1) is 16.5. The molecule has 0 unspecified atom stereocenters. The Hall–Kier alpha value is -1.57. The highest BCUT2D eigenvalue weighted by molar-refractivity contribution is 5.38. The number of ether oxygens (including phenoxy) is 2. The van der Waals surface area contributed by atoms with Gasteiger partial charge >= 0.3 is 6.18 Å². The first-order valence-electron chi connectivity index (χ1n) is 6.38. The fourth-order valence-electron chi connectivity index (χ4n) is 1.35.